The summed E-state index contributed by atoms with van der Waals surface area (Å²) in [5.41, 5.74) is 3.00. The molecule has 1 fully saturated rings. The first-order valence-corrected chi connectivity index (χ1v) is 10.4. The second-order valence-electron chi connectivity index (χ2n) is 8.01. The van der Waals surface area contributed by atoms with Crippen LogP contribution in [-0.4, -0.2) is 53.4 Å². The Morgan fingerprint density at radius 3 is 2.75 bits per heavy atom. The quantitative estimate of drug-likeness (QED) is 0.799. The van der Waals surface area contributed by atoms with Gasteiger partial charge >= 0.3 is 0 Å². The van der Waals surface area contributed by atoms with E-state index < -0.39 is 0 Å². The lowest BCUT2D eigenvalue weighted by Gasteiger charge is -2.32. The molecule has 1 aromatic heterocycles. The van der Waals surface area contributed by atoms with Crippen molar-refractivity contribution in [2.24, 2.45) is 5.92 Å². The number of likely N-dealkylation sites (tertiary alicyclic amines) is 1. The first-order valence-electron chi connectivity index (χ1n) is 10.4. The van der Waals surface area contributed by atoms with Crippen molar-refractivity contribution in [3.8, 4) is 0 Å². The molecule has 6 nitrogen and oxygen atoms in total. The second kappa shape index (κ2) is 8.88. The van der Waals surface area contributed by atoms with Gasteiger partial charge in [0.1, 0.15) is 5.69 Å². The van der Waals surface area contributed by atoms with Crippen LogP contribution in [0.15, 0.2) is 36.4 Å². The number of amides is 1. The third-order valence-corrected chi connectivity index (χ3v) is 6.04. The van der Waals surface area contributed by atoms with Crippen LogP contribution in [0.3, 0.4) is 0 Å². The number of hydrogen-bond acceptors (Lipinski definition) is 4. The molecule has 150 valence electrons. The Morgan fingerprint density at radius 2 is 2.04 bits per heavy atom. The monoisotopic (exact) mass is 382 g/mol. The Balaban J connectivity index is 1.16. The van der Waals surface area contributed by atoms with E-state index >= 15 is 0 Å². The predicted octanol–water partition coefficient (Wildman–Crippen LogP) is 2.49. The highest BCUT2D eigenvalue weighted by Gasteiger charge is 2.25. The minimum absolute atomic E-state index is 0.0580. The first-order chi connectivity index (χ1) is 13.7. The Bertz CT molecular complexity index is 758. The number of methoxy groups -OCH3 is 1. The van der Waals surface area contributed by atoms with Gasteiger partial charge in [-0.05, 0) is 49.9 Å². The zero-order valence-corrected chi connectivity index (χ0v) is 16.6. The summed E-state index contributed by atoms with van der Waals surface area (Å²) in [6.45, 7) is 4.79. The van der Waals surface area contributed by atoms with Gasteiger partial charge in [0.2, 0.25) is 0 Å². The number of piperidine rings is 1. The van der Waals surface area contributed by atoms with Crippen LogP contribution in [0.1, 0.15) is 41.0 Å². The van der Waals surface area contributed by atoms with Gasteiger partial charge < -0.3 is 10.1 Å². The smallest absolute Gasteiger partial charge is 0.271 e. The molecule has 0 bridgehead atoms. The van der Waals surface area contributed by atoms with Crippen LogP contribution >= 0.6 is 0 Å². The molecular weight excluding hydrogens is 352 g/mol. The predicted molar refractivity (Wildman–Crippen MR) is 108 cm³/mol. The van der Waals surface area contributed by atoms with E-state index in [2.05, 4.69) is 45.6 Å². The van der Waals surface area contributed by atoms with E-state index in [0.29, 0.717) is 11.6 Å². The highest BCUT2D eigenvalue weighted by Crippen LogP contribution is 2.22. The lowest BCUT2D eigenvalue weighted by Crippen LogP contribution is -2.35. The van der Waals surface area contributed by atoms with Crippen LogP contribution < -0.4 is 5.32 Å². The normalized spacial score (nSPS) is 20.2. The molecule has 28 heavy (non-hydrogen) atoms. The molecule has 0 spiro atoms. The molecular formula is C22H30N4O2. The van der Waals surface area contributed by atoms with E-state index in [4.69, 9.17) is 4.74 Å². The number of carbonyl (C=O) groups is 1. The van der Waals surface area contributed by atoms with Gasteiger partial charge in [0.25, 0.3) is 5.91 Å². The van der Waals surface area contributed by atoms with Crippen molar-refractivity contribution in [2.45, 2.75) is 44.9 Å². The van der Waals surface area contributed by atoms with Crippen molar-refractivity contribution in [1.82, 2.24) is 20.0 Å². The van der Waals surface area contributed by atoms with Gasteiger partial charge in [-0.25, -0.2) is 0 Å². The summed E-state index contributed by atoms with van der Waals surface area (Å²) < 4.78 is 7.25. The number of rotatable bonds is 7. The third-order valence-electron chi connectivity index (χ3n) is 6.04. The highest BCUT2D eigenvalue weighted by molar-refractivity contribution is 5.92. The van der Waals surface area contributed by atoms with E-state index in [0.717, 1.165) is 51.3 Å². The van der Waals surface area contributed by atoms with Crippen molar-refractivity contribution in [2.75, 3.05) is 26.7 Å². The molecule has 3 heterocycles. The van der Waals surface area contributed by atoms with Crippen LogP contribution in [0.5, 0.6) is 0 Å². The first kappa shape index (κ1) is 19.2. The summed E-state index contributed by atoms with van der Waals surface area (Å²) in [6.07, 6.45) is 4.48. The van der Waals surface area contributed by atoms with E-state index in [1.54, 1.807) is 7.11 Å². The summed E-state index contributed by atoms with van der Waals surface area (Å²) in [5, 5.41) is 7.47. The Labute approximate surface area is 166 Å². The van der Waals surface area contributed by atoms with E-state index in [1.807, 2.05) is 10.7 Å². The molecule has 1 amide bonds. The lowest BCUT2D eigenvalue weighted by atomic mass is 9.93. The molecule has 4 rings (SSSR count). The molecule has 0 radical (unpaired) electrons. The van der Waals surface area contributed by atoms with Crippen LogP contribution in [0.25, 0.3) is 0 Å². The fourth-order valence-electron chi connectivity index (χ4n) is 4.29. The van der Waals surface area contributed by atoms with Crippen LogP contribution in [-0.2, 0) is 24.2 Å². The molecule has 0 saturated carbocycles. The number of nitrogens with zero attached hydrogens (tertiary/aromatic N) is 3. The number of ether oxygens (including phenoxy) is 1. The van der Waals surface area contributed by atoms with Gasteiger partial charge in [-0.2, -0.15) is 5.10 Å². The number of nitrogens with one attached hydrogen (secondary N) is 1. The maximum Gasteiger partial charge on any atom is 0.271 e. The zero-order chi connectivity index (χ0) is 19.3. The van der Waals surface area contributed by atoms with E-state index in [-0.39, 0.29) is 12.0 Å². The third kappa shape index (κ3) is 4.62. The molecule has 1 aromatic carbocycles. The minimum atomic E-state index is -0.0580. The van der Waals surface area contributed by atoms with Crippen LogP contribution in [0, 0.1) is 5.92 Å². The Morgan fingerprint density at radius 1 is 1.25 bits per heavy atom. The fourth-order valence-corrected chi connectivity index (χ4v) is 4.29. The number of hydrogen-bond donors (Lipinski definition) is 1. The molecule has 1 atom stereocenters. The number of aromatic nitrogens is 2. The molecule has 1 saturated heterocycles. The van der Waals surface area contributed by atoms with Gasteiger partial charge in [0.15, 0.2) is 0 Å². The molecule has 2 aromatic rings. The topological polar surface area (TPSA) is 59.4 Å². The molecule has 0 unspecified atom stereocenters. The zero-order valence-electron chi connectivity index (χ0n) is 16.6. The van der Waals surface area contributed by atoms with E-state index in [1.165, 1.54) is 18.4 Å². The average molecular weight is 383 g/mol. The van der Waals surface area contributed by atoms with Gasteiger partial charge in [0, 0.05) is 32.3 Å². The van der Waals surface area contributed by atoms with Crippen molar-refractivity contribution in [3.63, 3.8) is 0 Å². The largest absolute Gasteiger partial charge is 0.379 e. The number of benzene rings is 1. The van der Waals surface area contributed by atoms with Crippen molar-refractivity contribution >= 4 is 5.91 Å². The van der Waals surface area contributed by atoms with Crippen molar-refractivity contribution in [3.05, 3.63) is 53.3 Å². The second-order valence-corrected chi connectivity index (χ2v) is 8.01. The summed E-state index contributed by atoms with van der Waals surface area (Å²) in [7, 11) is 1.72. The highest BCUT2D eigenvalue weighted by atomic mass is 16.5. The van der Waals surface area contributed by atoms with Gasteiger partial charge in [0.05, 0.1) is 12.6 Å². The van der Waals surface area contributed by atoms with Crippen LogP contribution in [0.4, 0.5) is 0 Å². The van der Waals surface area contributed by atoms with Gasteiger partial charge in [-0.1, -0.05) is 30.3 Å². The van der Waals surface area contributed by atoms with Crippen molar-refractivity contribution in [1.29, 1.82) is 0 Å². The maximum absolute atomic E-state index is 12.4. The Hall–Kier alpha value is -2.18. The SMILES string of the molecule is CO[C@H]1Cc2cc(C(=O)NCCC3CCN(Cc4ccccc4)CC3)nn2C1. The molecule has 2 aliphatic heterocycles. The standard InChI is InChI=1S/C22H30N4O2/c1-28-20-13-19-14-21(24-26(19)16-20)22(27)23-10-7-17-8-11-25(12-9-17)15-18-5-3-2-4-6-18/h2-6,14,17,20H,7-13,15-16H2,1H3,(H,23,27)/t20-/m0/s1. The van der Waals surface area contributed by atoms with Crippen LogP contribution in [0.2, 0.25) is 0 Å². The molecule has 0 aliphatic carbocycles. The molecule has 1 N–H and O–H groups in total. The maximum atomic E-state index is 12.4. The summed E-state index contributed by atoms with van der Waals surface area (Å²) in [5.74, 6) is 0.638. The lowest BCUT2D eigenvalue weighted by molar-refractivity contribution is 0.0931. The summed E-state index contributed by atoms with van der Waals surface area (Å²) >= 11 is 0. The fraction of sp³-hybridized carbons (Fsp3) is 0.545. The minimum Gasteiger partial charge on any atom is -0.379 e. The van der Waals surface area contributed by atoms with Gasteiger partial charge in [-0.15, -0.1) is 0 Å². The Kier molecular flexibility index (Phi) is 6.07. The molecule has 2 aliphatic rings. The summed E-state index contributed by atoms with van der Waals surface area (Å²) in [4.78, 5) is 14.9. The number of fused-ring (bicyclic) bond motifs is 1. The van der Waals surface area contributed by atoms with Gasteiger partial charge in [-0.3, -0.25) is 14.4 Å². The molecule has 6 heteroatoms. The average Bonchev–Trinajstić information content (AvgIpc) is 3.29. The van der Waals surface area contributed by atoms with Crippen molar-refractivity contribution < 1.29 is 9.53 Å². The van der Waals surface area contributed by atoms with E-state index in [9.17, 15) is 4.79 Å². The summed E-state index contributed by atoms with van der Waals surface area (Å²) in [6, 6.07) is 12.6. The number of carbonyl (C=O) groups excluding carboxylic acids is 1.